The second-order valence-corrected chi connectivity index (χ2v) is 24.1. The fourth-order valence-corrected chi connectivity index (χ4v) is 9.15. The molecule has 0 aromatic heterocycles. The molecule has 0 aliphatic heterocycles. The van der Waals surface area contributed by atoms with Crippen molar-refractivity contribution in [3.63, 3.8) is 0 Å². The highest BCUT2D eigenvalue weighted by Crippen LogP contribution is 2.16. The first-order valence-corrected chi connectivity index (χ1v) is 35.3. The number of hydrogen-bond acceptors (Lipinski definition) is 7. The van der Waals surface area contributed by atoms with Gasteiger partial charge in [0, 0.05) is 12.8 Å². The number of ether oxygens (including phenoxy) is 4. The van der Waals surface area contributed by atoms with Gasteiger partial charge < -0.3 is 28.5 Å². The fourth-order valence-electron chi connectivity index (χ4n) is 9.15. The molecule has 0 heterocycles. The van der Waals surface area contributed by atoms with Gasteiger partial charge in [-0.3, -0.25) is 9.59 Å². The third kappa shape index (κ3) is 70.0. The molecule has 0 radical (unpaired) electrons. The number of aliphatic carboxylic acids is 1. The highest BCUT2D eigenvalue weighted by Gasteiger charge is 2.25. The number of quaternary nitrogens is 1. The molecule has 502 valence electrons. The van der Waals surface area contributed by atoms with Gasteiger partial charge in [-0.25, -0.2) is 4.79 Å². The summed E-state index contributed by atoms with van der Waals surface area (Å²) in [7, 11) is 5.96. The van der Waals surface area contributed by atoms with Gasteiger partial charge in [-0.15, -0.1) is 0 Å². The average Bonchev–Trinajstić information content (AvgIpc) is 3.70. The number of rotatable bonds is 63. The van der Waals surface area contributed by atoms with Crippen molar-refractivity contribution < 1.29 is 42.9 Å². The van der Waals surface area contributed by atoms with Gasteiger partial charge in [0.1, 0.15) is 13.2 Å². The van der Waals surface area contributed by atoms with Crippen molar-refractivity contribution in [3.05, 3.63) is 170 Å². The van der Waals surface area contributed by atoms with Crippen LogP contribution in [0.25, 0.3) is 0 Å². The van der Waals surface area contributed by atoms with Gasteiger partial charge in [0.15, 0.2) is 6.10 Å². The summed E-state index contributed by atoms with van der Waals surface area (Å²) < 4.78 is 23.0. The van der Waals surface area contributed by atoms with E-state index in [1.165, 1.54) is 83.5 Å². The van der Waals surface area contributed by atoms with Crippen LogP contribution in [0.2, 0.25) is 0 Å². The lowest BCUT2D eigenvalue weighted by atomic mass is 10.0. The Morgan fingerprint density at radius 3 is 0.899 bits per heavy atom. The normalized spacial score (nSPS) is 13.8. The molecule has 2 unspecified atom stereocenters. The minimum Gasteiger partial charge on any atom is -0.477 e. The standard InChI is InChI=1S/C80H129NO8/c1-6-8-10-12-14-16-18-20-22-24-26-28-30-32-34-35-36-37-38-39-40-41-42-43-45-47-49-51-53-55-57-59-61-63-65-67-69-71-78(83)89-76(75-88-80(79(84)85)86-73-72-81(3,4)5)74-87-77(82)70-68-66-64-62-60-58-56-54-52-50-48-46-44-33-31-29-27-25-23-21-19-17-15-13-11-9-7-2/h8-11,14-17,20-23,26-29,32-34,36-37,39-40,42-44,48,50,76,80H,6-7,12-13,18-19,24-25,30-31,35,38,41,45-47,49,51-75H2,1-5H3/p+1/b10-8-,11-9-,16-14-,17-15-,22-20-,23-21-,28-26-,29-27-,34-32-,37-36-,40-39-,43-42-,44-33-,50-48-. The lowest BCUT2D eigenvalue weighted by Gasteiger charge is -2.25. The zero-order chi connectivity index (χ0) is 64.7. The van der Waals surface area contributed by atoms with Gasteiger partial charge in [-0.2, -0.15) is 0 Å². The number of esters is 2. The molecular weight excluding hydrogens is 1100 g/mol. The molecule has 9 nitrogen and oxygen atoms in total. The quantitative estimate of drug-likeness (QED) is 0.0211. The molecule has 0 aromatic carbocycles. The van der Waals surface area contributed by atoms with E-state index in [0.29, 0.717) is 17.4 Å². The maximum Gasteiger partial charge on any atom is 0.361 e. The molecule has 89 heavy (non-hydrogen) atoms. The van der Waals surface area contributed by atoms with Gasteiger partial charge in [0.25, 0.3) is 6.29 Å². The van der Waals surface area contributed by atoms with Gasteiger partial charge >= 0.3 is 17.9 Å². The zero-order valence-corrected chi connectivity index (χ0v) is 57.3. The number of carboxylic acids is 1. The Bertz CT molecular complexity index is 2070. The molecule has 1 N–H and O–H groups in total. The van der Waals surface area contributed by atoms with E-state index in [4.69, 9.17) is 18.9 Å². The summed E-state index contributed by atoms with van der Waals surface area (Å²) in [6.45, 7) is 4.63. The molecule has 0 aliphatic rings. The Morgan fingerprint density at radius 1 is 0.337 bits per heavy atom. The van der Waals surface area contributed by atoms with Crippen LogP contribution in [-0.4, -0.2) is 87.4 Å². The maximum absolute atomic E-state index is 13.0. The lowest BCUT2D eigenvalue weighted by Crippen LogP contribution is -2.40. The van der Waals surface area contributed by atoms with Crippen LogP contribution in [0.3, 0.4) is 0 Å². The number of hydrogen-bond donors (Lipinski definition) is 1. The Kier molecular flexibility index (Phi) is 64.4. The predicted octanol–water partition coefficient (Wildman–Crippen LogP) is 22.2. The molecule has 0 fully saturated rings. The lowest BCUT2D eigenvalue weighted by molar-refractivity contribution is -0.870. The minimum absolute atomic E-state index is 0.177. The van der Waals surface area contributed by atoms with Crippen LogP contribution in [0.15, 0.2) is 170 Å². The third-order valence-corrected chi connectivity index (χ3v) is 14.5. The third-order valence-electron chi connectivity index (χ3n) is 14.5. The summed E-state index contributed by atoms with van der Waals surface area (Å²) in [6, 6.07) is 0. The highest BCUT2D eigenvalue weighted by molar-refractivity contribution is 5.71. The summed E-state index contributed by atoms with van der Waals surface area (Å²) in [6.07, 6.45) is 100. The van der Waals surface area contributed by atoms with Crippen LogP contribution in [0.4, 0.5) is 0 Å². The molecule has 0 aromatic rings. The van der Waals surface area contributed by atoms with Gasteiger partial charge in [0.2, 0.25) is 0 Å². The number of allylic oxidation sites excluding steroid dienone is 28. The van der Waals surface area contributed by atoms with E-state index < -0.39 is 24.3 Å². The first-order valence-electron chi connectivity index (χ1n) is 35.3. The molecule has 0 aliphatic carbocycles. The Hall–Kier alpha value is -5.35. The Balaban J connectivity index is 4.18. The smallest absolute Gasteiger partial charge is 0.361 e. The van der Waals surface area contributed by atoms with Crippen molar-refractivity contribution in [2.75, 3.05) is 47.5 Å². The molecule has 2 atom stereocenters. The van der Waals surface area contributed by atoms with E-state index in [-0.39, 0.29) is 38.6 Å². The number of likely N-dealkylation sites (N-methyl/N-ethyl adjacent to an activating group) is 1. The molecule has 0 spiro atoms. The predicted molar refractivity (Wildman–Crippen MR) is 382 cm³/mol. The van der Waals surface area contributed by atoms with E-state index >= 15 is 0 Å². The fraction of sp³-hybridized carbons (Fsp3) is 0.613. The second kappa shape index (κ2) is 68.6. The van der Waals surface area contributed by atoms with Crippen LogP contribution in [0.5, 0.6) is 0 Å². The molecule has 0 bridgehead atoms. The molecule has 0 saturated carbocycles. The van der Waals surface area contributed by atoms with Crippen LogP contribution >= 0.6 is 0 Å². The second-order valence-electron chi connectivity index (χ2n) is 24.1. The summed E-state index contributed by atoms with van der Waals surface area (Å²) in [4.78, 5) is 37.6. The topological polar surface area (TPSA) is 108 Å². The van der Waals surface area contributed by atoms with E-state index in [1.807, 2.05) is 21.1 Å². The Morgan fingerprint density at radius 2 is 0.607 bits per heavy atom. The minimum atomic E-state index is -1.52. The number of unbranched alkanes of at least 4 members (excludes halogenated alkanes) is 20. The number of carbonyl (C=O) groups is 3. The zero-order valence-electron chi connectivity index (χ0n) is 57.3. The van der Waals surface area contributed by atoms with E-state index in [1.54, 1.807) is 0 Å². The van der Waals surface area contributed by atoms with Gasteiger partial charge in [-0.1, -0.05) is 287 Å². The Labute approximate surface area is 546 Å². The first-order chi connectivity index (χ1) is 43.6. The van der Waals surface area contributed by atoms with Crippen LogP contribution in [0.1, 0.15) is 258 Å². The van der Waals surface area contributed by atoms with Crippen molar-refractivity contribution in [2.24, 2.45) is 0 Å². The summed E-state index contributed by atoms with van der Waals surface area (Å²) in [5, 5.41) is 9.75. The molecular formula is C80H130NO8+. The molecule has 9 heteroatoms. The van der Waals surface area contributed by atoms with Crippen LogP contribution in [-0.2, 0) is 33.3 Å². The van der Waals surface area contributed by atoms with Gasteiger partial charge in [0.05, 0.1) is 34.4 Å². The largest absolute Gasteiger partial charge is 0.477 e. The first kappa shape index (κ1) is 83.7. The van der Waals surface area contributed by atoms with Crippen molar-refractivity contribution in [2.45, 2.75) is 270 Å². The van der Waals surface area contributed by atoms with Gasteiger partial charge in [-0.05, 0) is 128 Å². The number of nitrogens with zero attached hydrogens (tertiary/aromatic N) is 1. The van der Waals surface area contributed by atoms with Crippen molar-refractivity contribution in [1.82, 2.24) is 0 Å². The maximum atomic E-state index is 13.0. The highest BCUT2D eigenvalue weighted by atomic mass is 16.7. The van der Waals surface area contributed by atoms with Crippen molar-refractivity contribution >= 4 is 17.9 Å². The monoisotopic (exact) mass is 1230 g/mol. The van der Waals surface area contributed by atoms with E-state index in [0.717, 1.165) is 141 Å². The number of carbonyl (C=O) groups excluding carboxylic acids is 2. The van der Waals surface area contributed by atoms with E-state index in [2.05, 4.69) is 184 Å². The average molecular weight is 1230 g/mol. The van der Waals surface area contributed by atoms with Crippen LogP contribution < -0.4 is 0 Å². The summed E-state index contributed by atoms with van der Waals surface area (Å²) in [5.74, 6) is -2.03. The summed E-state index contributed by atoms with van der Waals surface area (Å²) in [5.41, 5.74) is 0. The van der Waals surface area contributed by atoms with Crippen molar-refractivity contribution in [3.8, 4) is 0 Å². The molecule has 0 amide bonds. The summed E-state index contributed by atoms with van der Waals surface area (Å²) >= 11 is 0. The molecule has 0 saturated heterocycles. The van der Waals surface area contributed by atoms with E-state index in [9.17, 15) is 19.5 Å². The number of carboxylic acid groups (broad SMARTS) is 1. The van der Waals surface area contributed by atoms with Crippen LogP contribution in [0, 0.1) is 0 Å². The SMILES string of the molecule is CC/C=C\C/C=C\C/C=C\C/C=C\C/C=C\C/C=C\C/C=C\C/C=C\CCCCCCCCCCCCCCC(=O)OC(COC(=O)CCCCCCCCCC/C=C\C/C=C\C/C=C\C/C=C\C/C=C\C/C=C\CC)COC(OCC[N+](C)(C)C)C(=O)O. The molecule has 0 rings (SSSR count). The van der Waals surface area contributed by atoms with Crippen molar-refractivity contribution in [1.29, 1.82) is 0 Å².